The molecule has 4 radical (unpaired) electrons. The smallest absolute Gasteiger partial charge is 0.330 e. The van der Waals surface area contributed by atoms with E-state index in [0.717, 1.165) is 11.1 Å². The van der Waals surface area contributed by atoms with E-state index in [4.69, 9.17) is 56.8 Å². The summed E-state index contributed by atoms with van der Waals surface area (Å²) in [5.74, 6) is -2.06. The Morgan fingerprint density at radius 1 is 0.283 bits per heavy atom. The first-order chi connectivity index (χ1) is 48.3. The summed E-state index contributed by atoms with van der Waals surface area (Å²) in [5, 5.41) is 0. The van der Waals surface area contributed by atoms with Gasteiger partial charge in [-0.3, -0.25) is 0 Å². The molecule has 0 heterocycles. The van der Waals surface area contributed by atoms with E-state index in [1.54, 1.807) is 27.7 Å². The Balaban J connectivity index is 0. The molecule has 0 aliphatic heterocycles. The van der Waals surface area contributed by atoms with Crippen LogP contribution in [0.1, 0.15) is 103 Å². The summed E-state index contributed by atoms with van der Waals surface area (Å²) in [6.45, 7) is 41.0. The van der Waals surface area contributed by atoms with E-state index in [9.17, 15) is 38.4 Å². The van der Waals surface area contributed by atoms with Crippen LogP contribution in [0.5, 0.6) is 23.0 Å². The largest absolute Gasteiger partial charge is 0.496 e. The van der Waals surface area contributed by atoms with Crippen molar-refractivity contribution in [3.63, 3.8) is 0 Å². The normalized spacial score (nSPS) is 10.6. The van der Waals surface area contributed by atoms with Gasteiger partial charge in [0.2, 0.25) is 0 Å². The maximum atomic E-state index is 15.1. The number of hydrogen-bond acceptors (Lipinski definition) is 20. The first kappa shape index (κ1) is 102. The van der Waals surface area contributed by atoms with E-state index in [-0.39, 0.29) is 265 Å². The third-order valence-electron chi connectivity index (χ3n) is 13.6. The van der Waals surface area contributed by atoms with Gasteiger partial charge in [0.25, 0.3) is 0 Å². The summed E-state index contributed by atoms with van der Waals surface area (Å²) in [6, 6.07) is 26.5. The molecule has 4 rings (SSSR count). The molecule has 0 saturated heterocycles. The molecule has 106 heavy (non-hydrogen) atoms. The zero-order chi connectivity index (χ0) is 75.8. The molecule has 0 amide bonds. The quantitative estimate of drug-likeness (QED) is 0.0131. The number of halogens is 2. The third-order valence-corrected chi connectivity index (χ3v) is 13.6. The van der Waals surface area contributed by atoms with Crippen molar-refractivity contribution in [3.8, 4) is 23.0 Å². The van der Waals surface area contributed by atoms with Gasteiger partial charge < -0.3 is 56.8 Å². The Morgan fingerprint density at radius 2 is 0.434 bits per heavy atom. The summed E-state index contributed by atoms with van der Waals surface area (Å²) < 4.78 is 95.0. The van der Waals surface area contributed by atoms with Crippen molar-refractivity contribution in [3.05, 3.63) is 240 Å². The topological polar surface area (TPSA) is 247 Å². The van der Waals surface area contributed by atoms with E-state index >= 15 is 8.78 Å². The number of esters is 8. The molecule has 0 unspecified atom stereocenters. The molecule has 0 aromatic heterocycles. The van der Waals surface area contributed by atoms with Crippen LogP contribution < -0.4 is 18.9 Å². The van der Waals surface area contributed by atoms with Crippen molar-refractivity contribution in [2.45, 2.75) is 81.1 Å². The van der Waals surface area contributed by atoms with E-state index in [1.807, 2.05) is 60.7 Å². The number of carbonyl (C=O) groups excluding carboxylic acids is 8. The Morgan fingerprint density at radius 3 is 0.585 bits per heavy atom. The van der Waals surface area contributed by atoms with Crippen LogP contribution in [0.3, 0.4) is 0 Å². The summed E-state index contributed by atoms with van der Waals surface area (Å²) in [7, 11) is 0. The molecule has 0 saturated carbocycles. The summed E-state index contributed by atoms with van der Waals surface area (Å²) in [4.78, 5) is 94.5. The van der Waals surface area contributed by atoms with Crippen LogP contribution in [-0.4, -0.2) is 127 Å². The Hall–Kier alpha value is -6.48. The molecule has 4 aromatic rings. The molecule has 0 N–H and O–H groups in total. The van der Waals surface area contributed by atoms with Gasteiger partial charge in [-0.2, -0.15) is 0 Å². The number of benzene rings is 4. The van der Waals surface area contributed by atoms with Gasteiger partial charge in [-0.1, -0.05) is 89.0 Å². The van der Waals surface area contributed by atoms with Crippen LogP contribution in [0, 0.1) is 23.7 Å². The SMILES string of the molecule is C=C(C)C(=O)OC[C-](CCOc1ccc(/C(F)=C(\F)c2ccc(OCC[C-](COC(=O)C(=C)C)COC(=O)C(=C)C)cc2)cc1)COC(=O)C(=C)C.C=C(C)C(=O)OC[C-](CCOc1ccc(/C=C/c2ccc(OCC[C-](COC(=O)C(=C)C)COC(=O)C(=C)C)cc2)cc1)COC(=O)C(=C)C.[Y].[Y].[Y].[Y]. The van der Waals surface area contributed by atoms with Gasteiger partial charge >= 0.3 is 47.8 Å². The molecule has 0 fully saturated rings. The maximum Gasteiger partial charge on any atom is 0.330 e. The van der Waals surface area contributed by atoms with Gasteiger partial charge in [-0.25, -0.2) is 70.8 Å². The molecule has 560 valence electrons. The Labute approximate surface area is 722 Å². The third kappa shape index (κ3) is 42.3. The van der Waals surface area contributed by atoms with E-state index in [2.05, 4.69) is 52.6 Å². The maximum absolute atomic E-state index is 15.1. The standard InChI is InChI=1S/C40H44F2O10.C40H46O10.4Y/c1-25(2)37(43)49-21-29(22-50-38(44)26(3)4)17-19-47-33-13-9-31(10-14-33)35(41)36(42)32-11-15-34(16-12-32)48-20-18-30(23-51-39(45)27(5)6)24-52-40(46)28(7)8;1-27(2)37(41)47-23-33(24-48-38(42)28(3)4)19-21-45-35-15-11-31(12-16-35)9-10-32-13-17-36(18-14-32)46-22-20-34(25-49-39(43)29(5)6)26-50-40(44)30(7)8;;;;/h9-16H,1,3,5,7,17-24H2,2,4,6,8H3;9-18H,1,3,5,7,19-26H2,2,4,6,8H3;;;;/q2*-2;;;;/b36-35+;10-9+;;;;. The number of hydrogen-bond donors (Lipinski definition) is 0. The molecule has 0 atom stereocenters. The van der Waals surface area contributed by atoms with Crippen molar-refractivity contribution in [2.75, 3.05) is 79.3 Å². The Bertz CT molecular complexity index is 3320. The second kappa shape index (κ2) is 55.8. The van der Waals surface area contributed by atoms with Gasteiger partial charge in [0, 0.05) is 187 Å². The molecule has 4 aromatic carbocycles. The predicted molar refractivity (Wildman–Crippen MR) is 383 cm³/mol. The van der Waals surface area contributed by atoms with Crippen LogP contribution >= 0.6 is 0 Å². The molecule has 20 nitrogen and oxygen atoms in total. The summed E-state index contributed by atoms with van der Waals surface area (Å²) in [6.07, 6.45) is 5.29. The molecular weight excluding hydrogens is 1670 g/mol. The number of carbonyl (C=O) groups is 8. The van der Waals surface area contributed by atoms with Gasteiger partial charge in [0.15, 0.2) is 11.7 Å². The fraction of sp³-hybridized carbons (Fsp3) is 0.300. The van der Waals surface area contributed by atoms with Gasteiger partial charge in [-0.05, 0) is 192 Å². The first-order valence-corrected chi connectivity index (χ1v) is 31.9. The second-order valence-electron chi connectivity index (χ2n) is 23.4. The van der Waals surface area contributed by atoms with E-state index in [0.29, 0.717) is 72.7 Å². The van der Waals surface area contributed by atoms with Crippen molar-refractivity contribution < 1.29 is 235 Å². The minimum absolute atomic E-state index is 0. The van der Waals surface area contributed by atoms with Crippen LogP contribution in [0.25, 0.3) is 23.8 Å². The summed E-state index contributed by atoms with van der Waals surface area (Å²) in [5.41, 5.74) is 3.89. The monoisotopic (exact) mass is 1760 g/mol. The van der Waals surface area contributed by atoms with Crippen molar-refractivity contribution >= 4 is 71.6 Å². The Kier molecular flexibility index (Phi) is 53.5. The zero-order valence-corrected chi connectivity index (χ0v) is 72.9. The van der Waals surface area contributed by atoms with Gasteiger partial charge in [0.1, 0.15) is 23.0 Å². The fourth-order valence-electron chi connectivity index (χ4n) is 7.51. The predicted octanol–water partition coefficient (Wildman–Crippen LogP) is 14.6. The summed E-state index contributed by atoms with van der Waals surface area (Å²) >= 11 is 0. The van der Waals surface area contributed by atoms with Crippen LogP contribution in [0.4, 0.5) is 8.78 Å². The molecule has 0 aliphatic carbocycles. The van der Waals surface area contributed by atoms with Gasteiger partial charge in [0.05, 0.1) is 26.4 Å². The van der Waals surface area contributed by atoms with Crippen molar-refractivity contribution in [2.24, 2.45) is 0 Å². The zero-order valence-electron chi connectivity index (χ0n) is 61.6. The molecule has 0 bridgehead atoms. The number of ether oxygens (including phenoxy) is 12. The van der Waals surface area contributed by atoms with E-state index in [1.165, 1.54) is 76.2 Å². The average molecular weight is 1770 g/mol. The fourth-order valence-corrected chi connectivity index (χ4v) is 7.51. The van der Waals surface area contributed by atoms with Crippen LogP contribution in [0.15, 0.2) is 194 Å². The molecule has 26 heteroatoms. The number of rotatable bonds is 44. The minimum atomic E-state index is -1.08. The molecular formula is C80H90F2O20Y4-4. The van der Waals surface area contributed by atoms with Crippen LogP contribution in [-0.2, 0) is 207 Å². The van der Waals surface area contributed by atoms with Gasteiger partial charge in [-0.15, -0.1) is 25.7 Å². The molecule has 0 aliphatic rings. The van der Waals surface area contributed by atoms with Crippen LogP contribution in [0.2, 0.25) is 0 Å². The minimum Gasteiger partial charge on any atom is -0.496 e. The second-order valence-corrected chi connectivity index (χ2v) is 23.4. The average Bonchev–Trinajstić information content (AvgIpc) is 0.844. The van der Waals surface area contributed by atoms with Crippen molar-refractivity contribution in [1.82, 2.24) is 0 Å². The first-order valence-electron chi connectivity index (χ1n) is 31.9. The van der Waals surface area contributed by atoms with E-state index < -0.39 is 59.4 Å². The molecule has 0 spiro atoms. The van der Waals surface area contributed by atoms with Crippen molar-refractivity contribution in [1.29, 1.82) is 0 Å².